The molecule has 4 nitrogen and oxygen atoms in total. The molecule has 1 heterocycles. The van der Waals surface area contributed by atoms with Gasteiger partial charge in [0.1, 0.15) is 0 Å². The molecule has 112 valence electrons. The van der Waals surface area contributed by atoms with E-state index in [-0.39, 0.29) is 17.4 Å². The second-order valence-electron chi connectivity index (χ2n) is 6.70. The Morgan fingerprint density at radius 2 is 2.11 bits per heavy atom. The SMILES string of the molecule is CC1CN(C(=O)CCC(CCN)C(C)(C)C)CCO1. The van der Waals surface area contributed by atoms with Crippen molar-refractivity contribution >= 4 is 5.91 Å². The van der Waals surface area contributed by atoms with E-state index in [1.165, 1.54) is 0 Å². The molecule has 0 radical (unpaired) electrons. The average molecular weight is 270 g/mol. The zero-order chi connectivity index (χ0) is 14.5. The molecule has 1 aliphatic heterocycles. The third kappa shape index (κ3) is 5.49. The number of hydrogen-bond acceptors (Lipinski definition) is 3. The zero-order valence-corrected chi connectivity index (χ0v) is 12.9. The monoisotopic (exact) mass is 270 g/mol. The Bertz CT molecular complexity index is 286. The van der Waals surface area contributed by atoms with Crippen LogP contribution in [0.3, 0.4) is 0 Å². The maximum atomic E-state index is 12.2. The molecule has 0 aromatic carbocycles. The molecule has 0 aromatic heterocycles. The second kappa shape index (κ2) is 7.25. The summed E-state index contributed by atoms with van der Waals surface area (Å²) in [5.41, 5.74) is 5.90. The van der Waals surface area contributed by atoms with Crippen LogP contribution in [0.15, 0.2) is 0 Å². The van der Waals surface area contributed by atoms with E-state index in [9.17, 15) is 4.79 Å². The summed E-state index contributed by atoms with van der Waals surface area (Å²) in [5.74, 6) is 0.779. The molecule has 1 rings (SSSR count). The van der Waals surface area contributed by atoms with E-state index in [2.05, 4.69) is 20.8 Å². The van der Waals surface area contributed by atoms with Crippen LogP contribution in [0.5, 0.6) is 0 Å². The van der Waals surface area contributed by atoms with Crippen molar-refractivity contribution in [3.8, 4) is 0 Å². The van der Waals surface area contributed by atoms with Gasteiger partial charge in [-0.2, -0.15) is 0 Å². The van der Waals surface area contributed by atoms with Crippen molar-refractivity contribution in [1.82, 2.24) is 4.90 Å². The molecule has 1 aliphatic rings. The highest BCUT2D eigenvalue weighted by atomic mass is 16.5. The highest BCUT2D eigenvalue weighted by molar-refractivity contribution is 5.76. The highest BCUT2D eigenvalue weighted by Gasteiger charge is 2.26. The quantitative estimate of drug-likeness (QED) is 0.831. The fourth-order valence-corrected chi connectivity index (χ4v) is 2.71. The van der Waals surface area contributed by atoms with Crippen LogP contribution in [-0.2, 0) is 9.53 Å². The van der Waals surface area contributed by atoms with E-state index < -0.39 is 0 Å². The molecule has 2 atom stereocenters. The predicted octanol–water partition coefficient (Wildman–Crippen LogP) is 2.02. The van der Waals surface area contributed by atoms with Gasteiger partial charge in [-0.3, -0.25) is 4.79 Å². The normalized spacial score (nSPS) is 22.4. The van der Waals surface area contributed by atoms with Gasteiger partial charge in [-0.15, -0.1) is 0 Å². The first kappa shape index (κ1) is 16.4. The van der Waals surface area contributed by atoms with Gasteiger partial charge in [-0.25, -0.2) is 0 Å². The van der Waals surface area contributed by atoms with E-state index in [1.54, 1.807) is 0 Å². The van der Waals surface area contributed by atoms with Crippen molar-refractivity contribution in [3.05, 3.63) is 0 Å². The molecule has 1 fully saturated rings. The van der Waals surface area contributed by atoms with Crippen LogP contribution in [0.1, 0.15) is 47.0 Å². The van der Waals surface area contributed by atoms with Gasteiger partial charge in [0.05, 0.1) is 12.7 Å². The van der Waals surface area contributed by atoms with Gasteiger partial charge in [0.15, 0.2) is 0 Å². The summed E-state index contributed by atoms with van der Waals surface area (Å²) in [6.07, 6.45) is 2.73. The average Bonchev–Trinajstić information content (AvgIpc) is 2.32. The van der Waals surface area contributed by atoms with E-state index >= 15 is 0 Å². The molecule has 2 unspecified atom stereocenters. The largest absolute Gasteiger partial charge is 0.375 e. The number of hydrogen-bond donors (Lipinski definition) is 1. The summed E-state index contributed by atoms with van der Waals surface area (Å²) in [6, 6.07) is 0. The third-order valence-corrected chi connectivity index (χ3v) is 4.04. The van der Waals surface area contributed by atoms with Gasteiger partial charge in [0.25, 0.3) is 0 Å². The van der Waals surface area contributed by atoms with Crippen LogP contribution in [0.4, 0.5) is 0 Å². The van der Waals surface area contributed by atoms with Gasteiger partial charge in [-0.05, 0) is 37.6 Å². The van der Waals surface area contributed by atoms with Crippen molar-refractivity contribution in [2.75, 3.05) is 26.2 Å². The van der Waals surface area contributed by atoms with E-state index in [0.717, 1.165) is 25.9 Å². The Morgan fingerprint density at radius 1 is 1.42 bits per heavy atom. The molecule has 0 saturated carbocycles. The number of nitrogens with two attached hydrogens (primary N) is 1. The standard InChI is InChI=1S/C15H30N2O2/c1-12-11-17(9-10-19-12)14(18)6-5-13(7-8-16)15(2,3)4/h12-13H,5-11,16H2,1-4H3. The Hall–Kier alpha value is -0.610. The lowest BCUT2D eigenvalue weighted by atomic mass is 9.76. The van der Waals surface area contributed by atoms with Crippen molar-refractivity contribution in [3.63, 3.8) is 0 Å². The van der Waals surface area contributed by atoms with Crippen LogP contribution in [0.25, 0.3) is 0 Å². The van der Waals surface area contributed by atoms with Gasteiger partial charge in [0, 0.05) is 19.5 Å². The van der Waals surface area contributed by atoms with E-state index in [4.69, 9.17) is 10.5 Å². The van der Waals surface area contributed by atoms with Crippen LogP contribution in [-0.4, -0.2) is 43.2 Å². The first-order valence-electron chi connectivity index (χ1n) is 7.44. The van der Waals surface area contributed by atoms with Crippen molar-refractivity contribution in [2.45, 2.75) is 53.1 Å². The summed E-state index contributed by atoms with van der Waals surface area (Å²) >= 11 is 0. The maximum Gasteiger partial charge on any atom is 0.222 e. The van der Waals surface area contributed by atoms with Crippen molar-refractivity contribution < 1.29 is 9.53 Å². The summed E-state index contributed by atoms with van der Waals surface area (Å²) in [6.45, 7) is 11.5. The molecule has 0 bridgehead atoms. The van der Waals surface area contributed by atoms with Gasteiger partial charge in [0.2, 0.25) is 5.91 Å². The van der Waals surface area contributed by atoms with Crippen LogP contribution >= 0.6 is 0 Å². The second-order valence-corrected chi connectivity index (χ2v) is 6.70. The molecule has 2 N–H and O–H groups in total. The summed E-state index contributed by atoms with van der Waals surface area (Å²) < 4.78 is 5.47. The molecule has 0 aliphatic carbocycles. The third-order valence-electron chi connectivity index (χ3n) is 4.04. The van der Waals surface area contributed by atoms with Crippen molar-refractivity contribution in [1.29, 1.82) is 0 Å². The Morgan fingerprint density at radius 3 is 2.63 bits per heavy atom. The topological polar surface area (TPSA) is 55.6 Å². The van der Waals surface area contributed by atoms with E-state index in [1.807, 2.05) is 11.8 Å². The highest BCUT2D eigenvalue weighted by Crippen LogP contribution is 2.32. The van der Waals surface area contributed by atoms with Crippen LogP contribution in [0.2, 0.25) is 0 Å². The molecule has 4 heteroatoms. The fraction of sp³-hybridized carbons (Fsp3) is 0.933. The first-order chi connectivity index (χ1) is 8.84. The number of amides is 1. The molecule has 19 heavy (non-hydrogen) atoms. The number of rotatable bonds is 5. The summed E-state index contributed by atoms with van der Waals surface area (Å²) in [5, 5.41) is 0. The lowest BCUT2D eigenvalue weighted by Crippen LogP contribution is -2.44. The van der Waals surface area contributed by atoms with Crippen molar-refractivity contribution in [2.24, 2.45) is 17.1 Å². The van der Waals surface area contributed by atoms with Crippen LogP contribution < -0.4 is 5.73 Å². The zero-order valence-electron chi connectivity index (χ0n) is 12.9. The summed E-state index contributed by atoms with van der Waals surface area (Å²) in [7, 11) is 0. The summed E-state index contributed by atoms with van der Waals surface area (Å²) in [4.78, 5) is 14.2. The minimum Gasteiger partial charge on any atom is -0.375 e. The molecule has 0 spiro atoms. The van der Waals surface area contributed by atoms with Gasteiger partial charge >= 0.3 is 0 Å². The molecule has 1 saturated heterocycles. The molecule has 1 amide bonds. The Balaban J connectivity index is 2.43. The smallest absolute Gasteiger partial charge is 0.222 e. The lowest BCUT2D eigenvalue weighted by molar-refractivity contribution is -0.138. The number of carbonyl (C=O) groups is 1. The molecule has 0 aromatic rings. The predicted molar refractivity (Wildman–Crippen MR) is 77.8 cm³/mol. The number of ether oxygens (including phenoxy) is 1. The molecular formula is C15H30N2O2. The lowest BCUT2D eigenvalue weighted by Gasteiger charge is -2.33. The molecular weight excluding hydrogens is 240 g/mol. The Kier molecular flexibility index (Phi) is 6.27. The van der Waals surface area contributed by atoms with Gasteiger partial charge in [-0.1, -0.05) is 20.8 Å². The maximum absolute atomic E-state index is 12.2. The van der Waals surface area contributed by atoms with Crippen LogP contribution in [0, 0.1) is 11.3 Å². The van der Waals surface area contributed by atoms with E-state index in [0.29, 0.717) is 25.5 Å². The minimum atomic E-state index is 0.167. The fourth-order valence-electron chi connectivity index (χ4n) is 2.71. The minimum absolute atomic E-state index is 0.167. The number of morpholine rings is 1. The first-order valence-corrected chi connectivity index (χ1v) is 7.44. The number of nitrogens with zero attached hydrogens (tertiary/aromatic N) is 1. The number of carbonyl (C=O) groups excluding carboxylic acids is 1. The van der Waals surface area contributed by atoms with Gasteiger partial charge < -0.3 is 15.4 Å². The Labute approximate surface area is 117 Å².